The average molecular weight is 289 g/mol. The Bertz CT molecular complexity index is 679. The second-order valence-electron chi connectivity index (χ2n) is 4.30. The number of rotatable bonds is 6. The highest BCUT2D eigenvalue weighted by molar-refractivity contribution is 7.08. The van der Waals surface area contributed by atoms with Gasteiger partial charge in [0, 0.05) is 31.2 Å². The Morgan fingerprint density at radius 2 is 2.25 bits per heavy atom. The van der Waals surface area contributed by atoms with Crippen LogP contribution in [0.3, 0.4) is 0 Å². The summed E-state index contributed by atoms with van der Waals surface area (Å²) in [7, 11) is 1.70. The first-order valence-electron chi connectivity index (χ1n) is 6.36. The van der Waals surface area contributed by atoms with Crippen LogP contribution in [-0.2, 0) is 4.74 Å². The third-order valence-electron chi connectivity index (χ3n) is 2.87. The molecule has 0 aromatic carbocycles. The van der Waals surface area contributed by atoms with Gasteiger partial charge in [0.05, 0.1) is 0 Å². The lowest BCUT2D eigenvalue weighted by atomic mass is 10.3. The first-order chi connectivity index (χ1) is 9.88. The molecular formula is C13H15N5OS. The summed E-state index contributed by atoms with van der Waals surface area (Å²) in [5.41, 5.74) is 1.78. The molecule has 0 radical (unpaired) electrons. The van der Waals surface area contributed by atoms with E-state index in [2.05, 4.69) is 20.6 Å². The van der Waals surface area contributed by atoms with E-state index in [0.717, 1.165) is 42.4 Å². The Labute approximate surface area is 120 Å². The zero-order valence-corrected chi connectivity index (χ0v) is 11.9. The third-order valence-corrected chi connectivity index (χ3v) is 3.56. The van der Waals surface area contributed by atoms with Crippen molar-refractivity contribution in [3.05, 3.63) is 29.0 Å². The van der Waals surface area contributed by atoms with Crippen molar-refractivity contribution < 1.29 is 4.74 Å². The predicted octanol–water partition coefficient (Wildman–Crippen LogP) is 2.30. The van der Waals surface area contributed by atoms with Crippen molar-refractivity contribution in [2.75, 3.05) is 25.6 Å². The van der Waals surface area contributed by atoms with Crippen LogP contribution in [0.5, 0.6) is 0 Å². The van der Waals surface area contributed by atoms with Crippen LogP contribution < -0.4 is 5.32 Å². The number of anilines is 1. The van der Waals surface area contributed by atoms with Crippen LogP contribution in [0.4, 0.5) is 5.82 Å². The molecule has 0 aliphatic carbocycles. The smallest absolute Gasteiger partial charge is 0.186 e. The summed E-state index contributed by atoms with van der Waals surface area (Å²) in [6, 6.07) is 5.84. The van der Waals surface area contributed by atoms with Crippen LogP contribution in [0.15, 0.2) is 29.0 Å². The van der Waals surface area contributed by atoms with Gasteiger partial charge in [0.1, 0.15) is 5.82 Å². The molecule has 3 rings (SSSR count). The van der Waals surface area contributed by atoms with E-state index in [-0.39, 0.29) is 0 Å². The number of methoxy groups -OCH3 is 1. The van der Waals surface area contributed by atoms with Gasteiger partial charge in [-0.25, -0.2) is 0 Å². The highest BCUT2D eigenvalue weighted by Crippen LogP contribution is 2.20. The molecule has 0 aliphatic rings. The van der Waals surface area contributed by atoms with Crippen molar-refractivity contribution in [2.24, 2.45) is 0 Å². The zero-order valence-electron chi connectivity index (χ0n) is 11.1. The summed E-state index contributed by atoms with van der Waals surface area (Å²) in [6.45, 7) is 1.56. The molecule has 7 heteroatoms. The molecule has 0 amide bonds. The molecule has 104 valence electrons. The molecule has 0 bridgehead atoms. The Morgan fingerprint density at radius 1 is 1.30 bits per heavy atom. The number of hydrogen-bond donors (Lipinski definition) is 1. The van der Waals surface area contributed by atoms with E-state index in [0.29, 0.717) is 0 Å². The summed E-state index contributed by atoms with van der Waals surface area (Å²) in [6.07, 6.45) is 0.940. The van der Waals surface area contributed by atoms with Crippen molar-refractivity contribution in [3.8, 4) is 11.4 Å². The predicted molar refractivity (Wildman–Crippen MR) is 79.1 cm³/mol. The van der Waals surface area contributed by atoms with Crippen LogP contribution >= 0.6 is 11.3 Å². The van der Waals surface area contributed by atoms with Crippen LogP contribution in [-0.4, -0.2) is 40.1 Å². The molecule has 0 spiro atoms. The standard InChI is InChI=1S/C13H15N5OS/c1-19-7-2-6-14-11-3-4-12-15-16-13(18(12)17-11)10-5-8-20-9-10/h3-5,8-9H,2,6-7H2,1H3,(H,14,17). The molecule has 3 aromatic heterocycles. The molecule has 0 saturated heterocycles. The first-order valence-corrected chi connectivity index (χ1v) is 7.30. The minimum Gasteiger partial charge on any atom is -0.385 e. The number of nitrogens with zero attached hydrogens (tertiary/aromatic N) is 4. The number of thiophene rings is 1. The van der Waals surface area contributed by atoms with Gasteiger partial charge >= 0.3 is 0 Å². The summed E-state index contributed by atoms with van der Waals surface area (Å²) >= 11 is 1.63. The topological polar surface area (TPSA) is 64.3 Å². The second kappa shape index (κ2) is 5.98. The average Bonchev–Trinajstić information content (AvgIpc) is 3.11. The van der Waals surface area contributed by atoms with Gasteiger partial charge in [0.2, 0.25) is 0 Å². The van der Waals surface area contributed by atoms with E-state index >= 15 is 0 Å². The summed E-state index contributed by atoms with van der Waals surface area (Å²) in [5.74, 6) is 1.58. The maximum absolute atomic E-state index is 5.02. The Morgan fingerprint density at radius 3 is 3.05 bits per heavy atom. The maximum atomic E-state index is 5.02. The Kier molecular flexibility index (Phi) is 3.89. The number of ether oxygens (including phenoxy) is 1. The molecule has 0 aliphatic heterocycles. The lowest BCUT2D eigenvalue weighted by Gasteiger charge is -2.05. The van der Waals surface area contributed by atoms with Crippen LogP contribution in [0, 0.1) is 0 Å². The van der Waals surface area contributed by atoms with Crippen LogP contribution in [0.25, 0.3) is 17.0 Å². The normalized spacial score (nSPS) is 11.1. The molecule has 0 fully saturated rings. The van der Waals surface area contributed by atoms with Gasteiger partial charge in [0.25, 0.3) is 0 Å². The molecule has 0 saturated carbocycles. The van der Waals surface area contributed by atoms with Gasteiger partial charge in [-0.3, -0.25) is 0 Å². The second-order valence-corrected chi connectivity index (χ2v) is 5.08. The molecule has 6 nitrogen and oxygen atoms in total. The lowest BCUT2D eigenvalue weighted by Crippen LogP contribution is -2.08. The van der Waals surface area contributed by atoms with E-state index < -0.39 is 0 Å². The first kappa shape index (κ1) is 13.0. The van der Waals surface area contributed by atoms with Gasteiger partial charge in [-0.1, -0.05) is 0 Å². The lowest BCUT2D eigenvalue weighted by molar-refractivity contribution is 0.197. The van der Waals surface area contributed by atoms with Crippen molar-refractivity contribution >= 4 is 22.8 Å². The molecule has 20 heavy (non-hydrogen) atoms. The van der Waals surface area contributed by atoms with Crippen LogP contribution in [0.1, 0.15) is 6.42 Å². The molecule has 1 N–H and O–H groups in total. The molecular weight excluding hydrogens is 274 g/mol. The molecule has 3 aromatic rings. The maximum Gasteiger partial charge on any atom is 0.186 e. The minimum atomic E-state index is 0.738. The van der Waals surface area contributed by atoms with Crippen molar-refractivity contribution in [1.82, 2.24) is 19.8 Å². The number of nitrogens with one attached hydrogen (secondary N) is 1. The van der Waals surface area contributed by atoms with Crippen molar-refractivity contribution in [1.29, 1.82) is 0 Å². The number of fused-ring (bicyclic) bond motifs is 1. The van der Waals surface area contributed by atoms with Gasteiger partial charge in [-0.05, 0) is 30.0 Å². The zero-order chi connectivity index (χ0) is 13.8. The van der Waals surface area contributed by atoms with Gasteiger partial charge in [-0.15, -0.1) is 15.3 Å². The minimum absolute atomic E-state index is 0.738. The van der Waals surface area contributed by atoms with E-state index in [1.165, 1.54) is 0 Å². The molecule has 3 heterocycles. The van der Waals surface area contributed by atoms with Gasteiger partial charge < -0.3 is 10.1 Å². The Hall–Kier alpha value is -1.99. The molecule has 0 atom stereocenters. The fourth-order valence-corrected chi connectivity index (χ4v) is 2.52. The van der Waals surface area contributed by atoms with E-state index in [9.17, 15) is 0 Å². The van der Waals surface area contributed by atoms with Crippen LogP contribution in [0.2, 0.25) is 0 Å². The monoisotopic (exact) mass is 289 g/mol. The van der Waals surface area contributed by atoms with Gasteiger partial charge in [0.15, 0.2) is 11.5 Å². The molecule has 0 unspecified atom stereocenters. The third kappa shape index (κ3) is 2.63. The summed E-state index contributed by atoms with van der Waals surface area (Å²) in [5, 5.41) is 20.2. The van der Waals surface area contributed by atoms with E-state index in [1.807, 2.05) is 29.0 Å². The fourth-order valence-electron chi connectivity index (χ4n) is 1.89. The van der Waals surface area contributed by atoms with Crippen molar-refractivity contribution in [2.45, 2.75) is 6.42 Å². The highest BCUT2D eigenvalue weighted by atomic mass is 32.1. The summed E-state index contributed by atoms with van der Waals surface area (Å²) < 4.78 is 6.79. The number of aromatic nitrogens is 4. The van der Waals surface area contributed by atoms with E-state index in [1.54, 1.807) is 23.0 Å². The largest absolute Gasteiger partial charge is 0.385 e. The summed E-state index contributed by atoms with van der Waals surface area (Å²) in [4.78, 5) is 0. The highest BCUT2D eigenvalue weighted by Gasteiger charge is 2.09. The number of hydrogen-bond acceptors (Lipinski definition) is 6. The van der Waals surface area contributed by atoms with Gasteiger partial charge in [-0.2, -0.15) is 15.9 Å². The van der Waals surface area contributed by atoms with E-state index in [4.69, 9.17) is 4.74 Å². The quantitative estimate of drug-likeness (QED) is 0.705. The fraction of sp³-hybridized carbons (Fsp3) is 0.308. The SMILES string of the molecule is COCCCNc1ccc2nnc(-c3ccsc3)n2n1. The Balaban J connectivity index is 1.84. The van der Waals surface area contributed by atoms with Crippen molar-refractivity contribution in [3.63, 3.8) is 0 Å².